The molecule has 4 nitrogen and oxygen atoms in total. The lowest BCUT2D eigenvalue weighted by atomic mass is 10.3. The quantitative estimate of drug-likeness (QED) is 0.479. The topological polar surface area (TPSA) is 58.9 Å². The molecule has 0 heterocycles. The summed E-state index contributed by atoms with van der Waals surface area (Å²) in [6.45, 7) is 4.95. The molecule has 0 unspecified atom stereocenters. The molecule has 0 aliphatic heterocycles. The molecule has 0 aromatic heterocycles. The molecule has 0 aliphatic carbocycles. The fourth-order valence-electron chi connectivity index (χ4n) is 0.417. The highest BCUT2D eigenvalue weighted by Crippen LogP contribution is 1.88. The van der Waals surface area contributed by atoms with Gasteiger partial charge in [0.1, 0.15) is 0 Å². The molecule has 0 saturated heterocycles. The van der Waals surface area contributed by atoms with Gasteiger partial charge in [0.25, 0.3) is 0 Å². The summed E-state index contributed by atoms with van der Waals surface area (Å²) < 4.78 is 0. The summed E-state index contributed by atoms with van der Waals surface area (Å²) in [4.78, 5) is 14.4. The first kappa shape index (κ1) is 9.68. The molecule has 0 atom stereocenters. The Labute approximate surface area is 65.2 Å². The molecule has 62 valence electrons. The number of oxime groups is 1. The Kier molecular flexibility index (Phi) is 4.81. The molecule has 0 aliphatic rings. The van der Waals surface area contributed by atoms with E-state index in [1.807, 2.05) is 6.92 Å². The summed E-state index contributed by atoms with van der Waals surface area (Å²) in [5, 5.41) is 11.7. The maximum atomic E-state index is 9.94. The number of aliphatic carboxylic acids is 1. The van der Waals surface area contributed by atoms with Gasteiger partial charge in [0, 0.05) is 0 Å². The smallest absolute Gasteiger partial charge is 0.344 e. The van der Waals surface area contributed by atoms with Crippen LogP contribution in [0.15, 0.2) is 17.8 Å². The zero-order chi connectivity index (χ0) is 8.69. The van der Waals surface area contributed by atoms with E-state index in [-0.39, 0.29) is 0 Å². The Morgan fingerprint density at radius 1 is 1.82 bits per heavy atom. The highest BCUT2D eigenvalue weighted by molar-refractivity contribution is 5.93. The van der Waals surface area contributed by atoms with Crippen molar-refractivity contribution in [2.24, 2.45) is 5.16 Å². The van der Waals surface area contributed by atoms with E-state index in [0.29, 0.717) is 12.1 Å². The lowest BCUT2D eigenvalue weighted by Gasteiger charge is -1.95. The van der Waals surface area contributed by atoms with Crippen LogP contribution in [-0.2, 0) is 9.63 Å². The minimum atomic E-state index is -1.03. The van der Waals surface area contributed by atoms with Crippen molar-refractivity contribution < 1.29 is 14.7 Å². The number of carboxylic acids is 1. The molecule has 0 bridgehead atoms. The first-order valence-electron chi connectivity index (χ1n) is 3.23. The molecular formula is C7H11NO3. The van der Waals surface area contributed by atoms with E-state index in [4.69, 9.17) is 5.11 Å². The number of allylic oxidation sites excluding steroid dienone is 1. The Hall–Kier alpha value is -1.32. The van der Waals surface area contributed by atoms with E-state index in [0.717, 1.165) is 0 Å². The van der Waals surface area contributed by atoms with E-state index in [1.54, 1.807) is 0 Å². The van der Waals surface area contributed by atoms with Crippen molar-refractivity contribution >= 4 is 11.7 Å². The van der Waals surface area contributed by atoms with Gasteiger partial charge in [0.05, 0.1) is 5.71 Å². The molecule has 0 fully saturated rings. The average Bonchev–Trinajstić information content (AvgIpc) is 1.98. The van der Waals surface area contributed by atoms with Crippen molar-refractivity contribution in [1.82, 2.24) is 0 Å². The SMILES string of the molecule is C=CC(CC)=NOCC(=O)O. The van der Waals surface area contributed by atoms with Gasteiger partial charge in [-0.2, -0.15) is 0 Å². The van der Waals surface area contributed by atoms with Gasteiger partial charge in [-0.1, -0.05) is 18.7 Å². The van der Waals surface area contributed by atoms with Crippen LogP contribution < -0.4 is 0 Å². The number of nitrogens with zero attached hydrogens (tertiary/aromatic N) is 1. The Morgan fingerprint density at radius 3 is 2.82 bits per heavy atom. The predicted molar refractivity (Wildman–Crippen MR) is 41.5 cm³/mol. The molecule has 0 amide bonds. The molecule has 1 N–H and O–H groups in total. The largest absolute Gasteiger partial charge is 0.479 e. The third-order valence-corrected chi connectivity index (χ3v) is 0.968. The van der Waals surface area contributed by atoms with Crippen molar-refractivity contribution in [3.63, 3.8) is 0 Å². The number of rotatable bonds is 5. The molecular weight excluding hydrogens is 146 g/mol. The Balaban J connectivity index is 3.70. The lowest BCUT2D eigenvalue weighted by molar-refractivity contribution is -0.142. The zero-order valence-corrected chi connectivity index (χ0v) is 6.41. The Morgan fingerprint density at radius 2 is 2.45 bits per heavy atom. The van der Waals surface area contributed by atoms with E-state index in [9.17, 15) is 4.79 Å². The van der Waals surface area contributed by atoms with Crippen molar-refractivity contribution in [1.29, 1.82) is 0 Å². The minimum absolute atomic E-state index is 0.405. The Bertz CT molecular complexity index is 175. The zero-order valence-electron chi connectivity index (χ0n) is 6.41. The first-order valence-corrected chi connectivity index (χ1v) is 3.23. The van der Waals surface area contributed by atoms with E-state index in [1.165, 1.54) is 6.08 Å². The summed E-state index contributed by atoms with van der Waals surface area (Å²) in [7, 11) is 0. The summed E-state index contributed by atoms with van der Waals surface area (Å²) >= 11 is 0. The predicted octanol–water partition coefficient (Wildman–Crippen LogP) is 1.04. The van der Waals surface area contributed by atoms with Gasteiger partial charge >= 0.3 is 5.97 Å². The summed E-state index contributed by atoms with van der Waals surface area (Å²) in [6, 6.07) is 0. The highest BCUT2D eigenvalue weighted by atomic mass is 16.6. The van der Waals surface area contributed by atoms with Crippen molar-refractivity contribution in [2.75, 3.05) is 6.61 Å². The van der Waals surface area contributed by atoms with Gasteiger partial charge in [0.2, 0.25) is 6.61 Å². The molecule has 0 saturated carbocycles. The van der Waals surface area contributed by atoms with Crippen molar-refractivity contribution in [3.05, 3.63) is 12.7 Å². The number of hydrogen-bond donors (Lipinski definition) is 1. The van der Waals surface area contributed by atoms with Crippen molar-refractivity contribution in [2.45, 2.75) is 13.3 Å². The van der Waals surface area contributed by atoms with Crippen LogP contribution in [-0.4, -0.2) is 23.4 Å². The standard InChI is InChI=1S/C7H11NO3/c1-3-6(4-2)8-11-5-7(9)10/h3H,1,4-5H2,2H3,(H,9,10). The third-order valence-electron chi connectivity index (χ3n) is 0.968. The van der Waals surface area contributed by atoms with Gasteiger partial charge in [-0.25, -0.2) is 4.79 Å². The van der Waals surface area contributed by atoms with Crippen LogP contribution in [0, 0.1) is 0 Å². The molecule has 11 heavy (non-hydrogen) atoms. The fourth-order valence-corrected chi connectivity index (χ4v) is 0.417. The van der Waals surface area contributed by atoms with Crippen LogP contribution in [0.4, 0.5) is 0 Å². The molecule has 0 aromatic carbocycles. The molecule has 0 rings (SSSR count). The van der Waals surface area contributed by atoms with E-state index >= 15 is 0 Å². The summed E-state index contributed by atoms with van der Waals surface area (Å²) in [6.07, 6.45) is 2.21. The number of carboxylic acid groups (broad SMARTS) is 1. The normalized spacial score (nSPS) is 10.8. The number of carbonyl (C=O) groups is 1. The third kappa shape index (κ3) is 5.14. The van der Waals surface area contributed by atoms with Crippen LogP contribution in [0.3, 0.4) is 0 Å². The van der Waals surface area contributed by atoms with Gasteiger partial charge in [0.15, 0.2) is 0 Å². The highest BCUT2D eigenvalue weighted by Gasteiger charge is 1.94. The summed E-state index contributed by atoms with van der Waals surface area (Å²) in [5.74, 6) is -1.03. The van der Waals surface area contributed by atoms with Crippen LogP contribution in [0.25, 0.3) is 0 Å². The maximum absolute atomic E-state index is 9.94. The van der Waals surface area contributed by atoms with Gasteiger partial charge in [-0.15, -0.1) is 0 Å². The lowest BCUT2D eigenvalue weighted by Crippen LogP contribution is -2.04. The molecule has 0 radical (unpaired) electrons. The molecule has 4 heteroatoms. The van der Waals surface area contributed by atoms with E-state index < -0.39 is 12.6 Å². The van der Waals surface area contributed by atoms with Crippen LogP contribution >= 0.6 is 0 Å². The second kappa shape index (κ2) is 5.46. The van der Waals surface area contributed by atoms with Crippen LogP contribution in [0.1, 0.15) is 13.3 Å². The molecule has 0 spiro atoms. The summed E-state index contributed by atoms with van der Waals surface area (Å²) in [5.41, 5.74) is 0.645. The van der Waals surface area contributed by atoms with Gasteiger partial charge in [-0.3, -0.25) is 0 Å². The average molecular weight is 157 g/mol. The van der Waals surface area contributed by atoms with Gasteiger partial charge in [-0.05, 0) is 12.5 Å². The van der Waals surface area contributed by atoms with Gasteiger partial charge < -0.3 is 9.94 Å². The van der Waals surface area contributed by atoms with E-state index in [2.05, 4.69) is 16.6 Å². The second-order valence-corrected chi connectivity index (χ2v) is 1.81. The van der Waals surface area contributed by atoms with Crippen LogP contribution in [0.5, 0.6) is 0 Å². The number of hydrogen-bond acceptors (Lipinski definition) is 3. The fraction of sp³-hybridized carbons (Fsp3) is 0.429. The molecule has 0 aromatic rings. The maximum Gasteiger partial charge on any atom is 0.344 e. The van der Waals surface area contributed by atoms with Crippen LogP contribution in [0.2, 0.25) is 0 Å². The second-order valence-electron chi connectivity index (χ2n) is 1.81. The van der Waals surface area contributed by atoms with Crippen molar-refractivity contribution in [3.8, 4) is 0 Å². The monoisotopic (exact) mass is 157 g/mol. The first-order chi connectivity index (χ1) is 5.20. The minimum Gasteiger partial charge on any atom is -0.479 e.